The van der Waals surface area contributed by atoms with Crippen LogP contribution < -0.4 is 0 Å². The Labute approximate surface area is 92.5 Å². The molecule has 0 N–H and O–H groups in total. The average Bonchev–Trinajstić information content (AvgIpc) is 1.93. The zero-order valence-electron chi connectivity index (χ0n) is 8.39. The molecule has 0 spiro atoms. The van der Waals surface area contributed by atoms with Crippen LogP contribution in [0.3, 0.4) is 0 Å². The fraction of sp³-hybridized carbons (Fsp3) is 0.500. The van der Waals surface area contributed by atoms with Gasteiger partial charge in [-0.1, -0.05) is 20.8 Å². The summed E-state index contributed by atoms with van der Waals surface area (Å²) >= 11 is 5.21. The molecule has 1 heterocycles. The second-order valence-corrected chi connectivity index (χ2v) is 6.61. The lowest BCUT2D eigenvalue weighted by molar-refractivity contribution is 0.801. The Bertz CT molecular complexity index is 304. The number of aryl methyl sites for hydroxylation is 1. The highest BCUT2D eigenvalue weighted by Crippen LogP contribution is 2.33. The van der Waals surface area contributed by atoms with Gasteiger partial charge < -0.3 is 0 Å². The van der Waals surface area contributed by atoms with Crippen molar-refractivity contribution in [2.24, 2.45) is 0 Å². The molecular weight excluding hydrogens is 246 g/mol. The highest BCUT2D eigenvalue weighted by atomic mass is 79.9. The van der Waals surface area contributed by atoms with E-state index in [1.165, 1.54) is 4.90 Å². The molecule has 72 valence electrons. The van der Waals surface area contributed by atoms with Gasteiger partial charge in [0.05, 0.1) is 5.69 Å². The predicted molar refractivity (Wildman–Crippen MR) is 62.3 cm³/mol. The van der Waals surface area contributed by atoms with Gasteiger partial charge in [0.15, 0.2) is 0 Å². The Morgan fingerprint density at radius 3 is 2.38 bits per heavy atom. The van der Waals surface area contributed by atoms with Crippen molar-refractivity contribution in [3.63, 3.8) is 0 Å². The Kier molecular flexibility index (Phi) is 3.41. The van der Waals surface area contributed by atoms with Crippen LogP contribution in [-0.2, 0) is 0 Å². The summed E-state index contributed by atoms with van der Waals surface area (Å²) in [5.41, 5.74) is 1.09. The Hall–Kier alpha value is -0.0200. The quantitative estimate of drug-likeness (QED) is 0.558. The summed E-state index contributed by atoms with van der Waals surface area (Å²) in [7, 11) is 0. The maximum absolute atomic E-state index is 4.35. The zero-order valence-corrected chi connectivity index (χ0v) is 10.8. The topological polar surface area (TPSA) is 12.9 Å². The van der Waals surface area contributed by atoms with Crippen LogP contribution in [0.15, 0.2) is 21.6 Å². The monoisotopic (exact) mass is 259 g/mol. The first-order valence-electron chi connectivity index (χ1n) is 4.21. The van der Waals surface area contributed by atoms with E-state index in [1.807, 2.05) is 24.8 Å². The normalized spacial score (nSPS) is 11.8. The van der Waals surface area contributed by atoms with E-state index in [1.54, 1.807) is 0 Å². The first-order chi connectivity index (χ1) is 5.88. The van der Waals surface area contributed by atoms with E-state index in [4.69, 9.17) is 0 Å². The van der Waals surface area contributed by atoms with Crippen molar-refractivity contribution in [2.75, 3.05) is 0 Å². The van der Waals surface area contributed by atoms with Gasteiger partial charge in [-0.05, 0) is 35.0 Å². The summed E-state index contributed by atoms with van der Waals surface area (Å²) < 4.78 is 1.16. The maximum Gasteiger partial charge on any atom is 0.106 e. The average molecular weight is 260 g/mol. The summed E-state index contributed by atoms with van der Waals surface area (Å²) in [5.74, 6) is 0. The number of pyridine rings is 1. The molecule has 0 atom stereocenters. The third-order valence-electron chi connectivity index (χ3n) is 1.42. The third-order valence-corrected chi connectivity index (χ3v) is 3.12. The molecule has 13 heavy (non-hydrogen) atoms. The minimum absolute atomic E-state index is 0.250. The molecule has 0 aliphatic carbocycles. The van der Waals surface area contributed by atoms with Crippen LogP contribution in [0.25, 0.3) is 0 Å². The number of nitrogens with zero attached hydrogens (tertiary/aromatic N) is 1. The zero-order chi connectivity index (χ0) is 10.1. The van der Waals surface area contributed by atoms with Gasteiger partial charge in [-0.15, -0.1) is 11.8 Å². The number of hydrogen-bond acceptors (Lipinski definition) is 2. The molecule has 1 rings (SSSR count). The van der Waals surface area contributed by atoms with Crippen molar-refractivity contribution in [1.29, 1.82) is 0 Å². The number of aromatic nitrogens is 1. The largest absolute Gasteiger partial charge is 0.245 e. The van der Waals surface area contributed by atoms with Gasteiger partial charge in [-0.2, -0.15) is 0 Å². The summed E-state index contributed by atoms with van der Waals surface area (Å²) in [4.78, 5) is 5.61. The minimum Gasteiger partial charge on any atom is -0.245 e. The number of hydrogen-bond donors (Lipinski definition) is 0. The van der Waals surface area contributed by atoms with Crippen molar-refractivity contribution in [3.05, 3.63) is 22.4 Å². The predicted octanol–water partition coefficient (Wildman–Crippen LogP) is 4.04. The first kappa shape index (κ1) is 11.1. The lowest BCUT2D eigenvalue weighted by atomic mass is 10.3. The van der Waals surface area contributed by atoms with Gasteiger partial charge in [-0.25, -0.2) is 4.98 Å². The number of halogens is 1. The molecule has 0 aliphatic rings. The third kappa shape index (κ3) is 3.69. The highest BCUT2D eigenvalue weighted by Gasteiger charge is 2.13. The van der Waals surface area contributed by atoms with Gasteiger partial charge in [0.1, 0.15) is 4.60 Å². The smallest absolute Gasteiger partial charge is 0.106 e. The van der Waals surface area contributed by atoms with Crippen LogP contribution in [-0.4, -0.2) is 9.73 Å². The van der Waals surface area contributed by atoms with Crippen LogP contribution in [0.2, 0.25) is 0 Å². The fourth-order valence-corrected chi connectivity index (χ4v) is 2.34. The lowest BCUT2D eigenvalue weighted by Crippen LogP contribution is -2.07. The van der Waals surface area contributed by atoms with Crippen LogP contribution >= 0.6 is 27.7 Å². The molecule has 0 saturated carbocycles. The lowest BCUT2D eigenvalue weighted by Gasteiger charge is -2.18. The van der Waals surface area contributed by atoms with Crippen LogP contribution in [0.5, 0.6) is 0 Å². The fourth-order valence-electron chi connectivity index (χ4n) is 0.955. The van der Waals surface area contributed by atoms with Gasteiger partial charge in [0, 0.05) is 9.64 Å². The number of rotatable bonds is 1. The summed E-state index contributed by atoms with van der Waals surface area (Å²) in [6, 6.07) is 4.10. The van der Waals surface area contributed by atoms with E-state index in [0.29, 0.717) is 0 Å². The van der Waals surface area contributed by atoms with Crippen LogP contribution in [0, 0.1) is 6.92 Å². The Balaban J connectivity index is 2.90. The molecule has 0 saturated heterocycles. The van der Waals surface area contributed by atoms with E-state index in [2.05, 4.69) is 47.8 Å². The molecule has 0 radical (unpaired) electrons. The van der Waals surface area contributed by atoms with E-state index >= 15 is 0 Å². The van der Waals surface area contributed by atoms with Crippen molar-refractivity contribution < 1.29 is 0 Å². The molecule has 1 aromatic rings. The summed E-state index contributed by atoms with van der Waals surface area (Å²) in [5, 5.41) is 0. The van der Waals surface area contributed by atoms with Gasteiger partial charge in [0.25, 0.3) is 0 Å². The molecule has 1 aromatic heterocycles. The van der Waals surface area contributed by atoms with E-state index in [9.17, 15) is 0 Å². The van der Waals surface area contributed by atoms with E-state index < -0.39 is 0 Å². The van der Waals surface area contributed by atoms with Crippen molar-refractivity contribution in [1.82, 2.24) is 4.98 Å². The van der Waals surface area contributed by atoms with E-state index in [0.717, 1.165) is 10.3 Å². The summed E-state index contributed by atoms with van der Waals surface area (Å²) in [6.07, 6.45) is 0. The Morgan fingerprint density at radius 2 is 1.92 bits per heavy atom. The van der Waals surface area contributed by atoms with Crippen molar-refractivity contribution in [2.45, 2.75) is 37.3 Å². The Morgan fingerprint density at radius 1 is 1.31 bits per heavy atom. The second kappa shape index (κ2) is 4.01. The van der Waals surface area contributed by atoms with Crippen LogP contribution in [0.4, 0.5) is 0 Å². The van der Waals surface area contributed by atoms with Gasteiger partial charge >= 0.3 is 0 Å². The SMILES string of the molecule is Cc1nc(Br)ccc1SC(C)(C)C. The molecule has 1 nitrogen and oxygen atoms in total. The van der Waals surface area contributed by atoms with Crippen molar-refractivity contribution in [3.8, 4) is 0 Å². The van der Waals surface area contributed by atoms with Gasteiger partial charge in [0.2, 0.25) is 0 Å². The highest BCUT2D eigenvalue weighted by molar-refractivity contribution is 9.10. The molecule has 0 aliphatic heterocycles. The molecule has 0 aromatic carbocycles. The van der Waals surface area contributed by atoms with E-state index in [-0.39, 0.29) is 4.75 Å². The summed E-state index contributed by atoms with van der Waals surface area (Å²) in [6.45, 7) is 8.66. The minimum atomic E-state index is 0.250. The van der Waals surface area contributed by atoms with Gasteiger partial charge in [-0.3, -0.25) is 0 Å². The molecule has 0 bridgehead atoms. The first-order valence-corrected chi connectivity index (χ1v) is 5.81. The molecular formula is C10H14BrNS. The van der Waals surface area contributed by atoms with Crippen LogP contribution in [0.1, 0.15) is 26.5 Å². The molecule has 0 fully saturated rings. The molecule has 0 unspecified atom stereocenters. The van der Waals surface area contributed by atoms with Crippen molar-refractivity contribution >= 4 is 27.7 Å². The second-order valence-electron chi connectivity index (χ2n) is 3.93. The number of thioether (sulfide) groups is 1. The molecule has 0 amide bonds. The molecule has 3 heteroatoms. The standard InChI is InChI=1S/C10H14BrNS/c1-7-8(13-10(2,3)4)5-6-9(11)12-7/h5-6H,1-4H3. The maximum atomic E-state index is 4.35.